The van der Waals surface area contributed by atoms with Crippen molar-refractivity contribution < 1.29 is 19.8 Å². The lowest BCUT2D eigenvalue weighted by molar-refractivity contribution is -0.141. The predicted molar refractivity (Wildman–Crippen MR) is 73.3 cm³/mol. The molecule has 0 spiro atoms. The zero-order valence-electron chi connectivity index (χ0n) is 12.1. The fourth-order valence-corrected chi connectivity index (χ4v) is 3.35. The number of amides is 2. The minimum absolute atomic E-state index is 0.0958. The Hall–Kier alpha value is -1.30. The number of β-amino-alcohol motifs (C(OH)–C–C–N with tert-alkyl or cyclic N) is 1. The number of urea groups is 1. The second-order valence-electron chi connectivity index (χ2n) is 6.80. The molecule has 0 aromatic carbocycles. The van der Waals surface area contributed by atoms with E-state index in [0.717, 1.165) is 25.7 Å². The summed E-state index contributed by atoms with van der Waals surface area (Å²) in [5, 5.41) is 21.6. The van der Waals surface area contributed by atoms with E-state index < -0.39 is 18.1 Å². The number of rotatable bonds is 2. The molecule has 2 amide bonds. The molecule has 6 heteroatoms. The van der Waals surface area contributed by atoms with Crippen LogP contribution in [-0.4, -0.2) is 51.8 Å². The fourth-order valence-electron chi connectivity index (χ4n) is 3.35. The van der Waals surface area contributed by atoms with Gasteiger partial charge in [0.25, 0.3) is 0 Å². The second-order valence-corrected chi connectivity index (χ2v) is 6.80. The zero-order chi connectivity index (χ0) is 14.9. The number of aliphatic hydroxyl groups is 1. The van der Waals surface area contributed by atoms with Crippen molar-refractivity contribution in [1.82, 2.24) is 10.2 Å². The maximum atomic E-state index is 12.2. The van der Waals surface area contributed by atoms with Crippen molar-refractivity contribution in [2.45, 2.75) is 64.1 Å². The van der Waals surface area contributed by atoms with Crippen LogP contribution in [0.5, 0.6) is 0 Å². The van der Waals surface area contributed by atoms with Crippen molar-refractivity contribution in [3.63, 3.8) is 0 Å². The SMILES string of the molecule is CC1(C)CCCC(NC(=O)N2C[C@H](O)C[C@@H]2C(=O)O)C1. The van der Waals surface area contributed by atoms with E-state index in [-0.39, 0.29) is 30.5 Å². The molecule has 20 heavy (non-hydrogen) atoms. The second kappa shape index (κ2) is 5.60. The first-order valence-corrected chi connectivity index (χ1v) is 7.26. The van der Waals surface area contributed by atoms with E-state index in [2.05, 4.69) is 19.2 Å². The molecule has 2 rings (SSSR count). The number of carbonyl (C=O) groups is 2. The van der Waals surface area contributed by atoms with E-state index in [4.69, 9.17) is 5.11 Å². The van der Waals surface area contributed by atoms with Crippen molar-refractivity contribution in [2.75, 3.05) is 6.54 Å². The van der Waals surface area contributed by atoms with Crippen molar-refractivity contribution in [2.24, 2.45) is 5.41 Å². The molecule has 114 valence electrons. The molecule has 1 aliphatic carbocycles. The lowest BCUT2D eigenvalue weighted by atomic mass is 9.75. The van der Waals surface area contributed by atoms with Crippen LogP contribution in [0.2, 0.25) is 0 Å². The lowest BCUT2D eigenvalue weighted by Crippen LogP contribution is -2.50. The maximum absolute atomic E-state index is 12.2. The van der Waals surface area contributed by atoms with Gasteiger partial charge in [-0.2, -0.15) is 0 Å². The van der Waals surface area contributed by atoms with Gasteiger partial charge in [0.1, 0.15) is 6.04 Å². The summed E-state index contributed by atoms with van der Waals surface area (Å²) in [6.07, 6.45) is 3.43. The van der Waals surface area contributed by atoms with Crippen LogP contribution in [0.25, 0.3) is 0 Å². The van der Waals surface area contributed by atoms with Crippen LogP contribution in [0.15, 0.2) is 0 Å². The van der Waals surface area contributed by atoms with Crippen LogP contribution >= 0.6 is 0 Å². The van der Waals surface area contributed by atoms with Gasteiger partial charge < -0.3 is 20.4 Å². The maximum Gasteiger partial charge on any atom is 0.326 e. The van der Waals surface area contributed by atoms with Crippen molar-refractivity contribution in [3.8, 4) is 0 Å². The van der Waals surface area contributed by atoms with E-state index in [0.29, 0.717) is 0 Å². The number of nitrogens with zero attached hydrogens (tertiary/aromatic N) is 1. The van der Waals surface area contributed by atoms with Gasteiger partial charge >= 0.3 is 12.0 Å². The summed E-state index contributed by atoms with van der Waals surface area (Å²) in [7, 11) is 0. The molecule has 3 N–H and O–H groups in total. The first-order chi connectivity index (χ1) is 9.28. The molecular weight excluding hydrogens is 260 g/mol. The van der Waals surface area contributed by atoms with Gasteiger partial charge in [-0.25, -0.2) is 9.59 Å². The molecule has 1 unspecified atom stereocenters. The van der Waals surface area contributed by atoms with Gasteiger partial charge in [-0.15, -0.1) is 0 Å². The molecule has 0 bridgehead atoms. The summed E-state index contributed by atoms with van der Waals surface area (Å²) >= 11 is 0. The topological polar surface area (TPSA) is 89.9 Å². The zero-order valence-corrected chi connectivity index (χ0v) is 12.1. The number of hydrogen-bond acceptors (Lipinski definition) is 3. The summed E-state index contributed by atoms with van der Waals surface area (Å²) in [5.41, 5.74) is 0.215. The number of likely N-dealkylation sites (tertiary alicyclic amines) is 1. The summed E-state index contributed by atoms with van der Waals surface area (Å²) in [4.78, 5) is 24.6. The van der Waals surface area contributed by atoms with Crippen LogP contribution in [0.3, 0.4) is 0 Å². The quantitative estimate of drug-likeness (QED) is 0.710. The Kier molecular flexibility index (Phi) is 4.22. The molecule has 2 fully saturated rings. The molecule has 1 saturated carbocycles. The third-order valence-corrected chi connectivity index (χ3v) is 4.36. The highest BCUT2D eigenvalue weighted by atomic mass is 16.4. The molecule has 1 heterocycles. The monoisotopic (exact) mass is 284 g/mol. The Bertz CT molecular complexity index is 397. The Morgan fingerprint density at radius 3 is 2.65 bits per heavy atom. The van der Waals surface area contributed by atoms with Crippen LogP contribution in [0, 0.1) is 5.41 Å². The van der Waals surface area contributed by atoms with Gasteiger partial charge in [-0.3, -0.25) is 0 Å². The average Bonchev–Trinajstić information content (AvgIpc) is 2.70. The van der Waals surface area contributed by atoms with Gasteiger partial charge in [0.05, 0.1) is 6.10 Å². The number of carbonyl (C=O) groups excluding carboxylic acids is 1. The molecule has 2 aliphatic rings. The first kappa shape index (κ1) is 15.1. The highest BCUT2D eigenvalue weighted by Crippen LogP contribution is 2.35. The molecule has 1 saturated heterocycles. The van der Waals surface area contributed by atoms with Gasteiger partial charge in [-0.05, 0) is 24.7 Å². The van der Waals surface area contributed by atoms with Crippen LogP contribution in [0.1, 0.15) is 46.0 Å². The normalized spacial score (nSPS) is 33.0. The van der Waals surface area contributed by atoms with E-state index >= 15 is 0 Å². The van der Waals surface area contributed by atoms with E-state index in [1.54, 1.807) is 0 Å². The number of carboxylic acids is 1. The number of hydrogen-bond donors (Lipinski definition) is 3. The summed E-state index contributed by atoms with van der Waals surface area (Å²) in [5.74, 6) is -1.05. The molecule has 3 atom stereocenters. The summed E-state index contributed by atoms with van der Waals surface area (Å²) in [6.45, 7) is 4.47. The van der Waals surface area contributed by atoms with Crippen molar-refractivity contribution >= 4 is 12.0 Å². The highest BCUT2D eigenvalue weighted by molar-refractivity contribution is 5.83. The summed E-state index contributed by atoms with van der Waals surface area (Å²) in [6, 6.07) is -1.18. The van der Waals surface area contributed by atoms with E-state index in [1.165, 1.54) is 4.90 Å². The average molecular weight is 284 g/mol. The number of aliphatic hydroxyl groups excluding tert-OH is 1. The minimum atomic E-state index is -1.05. The largest absolute Gasteiger partial charge is 0.480 e. The molecular formula is C14H24N2O4. The van der Waals surface area contributed by atoms with Crippen LogP contribution in [0.4, 0.5) is 4.79 Å². The number of nitrogens with one attached hydrogen (secondary N) is 1. The standard InChI is InChI=1S/C14H24N2O4/c1-14(2)5-3-4-9(7-14)15-13(20)16-8-10(17)6-11(16)12(18)19/h9-11,17H,3-8H2,1-2H3,(H,15,20)(H,18,19)/t9?,10-,11-/m1/s1. The predicted octanol–water partition coefficient (Wildman–Crippen LogP) is 1.18. The van der Waals surface area contributed by atoms with Crippen molar-refractivity contribution in [3.05, 3.63) is 0 Å². The lowest BCUT2D eigenvalue weighted by Gasteiger charge is -2.36. The van der Waals surface area contributed by atoms with Crippen molar-refractivity contribution in [1.29, 1.82) is 0 Å². The Balaban J connectivity index is 1.95. The third kappa shape index (κ3) is 3.42. The smallest absolute Gasteiger partial charge is 0.326 e. The third-order valence-electron chi connectivity index (χ3n) is 4.36. The van der Waals surface area contributed by atoms with E-state index in [1.807, 2.05) is 0 Å². The van der Waals surface area contributed by atoms with Gasteiger partial charge in [0.2, 0.25) is 0 Å². The van der Waals surface area contributed by atoms with Gasteiger partial charge in [0.15, 0.2) is 0 Å². The van der Waals surface area contributed by atoms with Crippen LogP contribution < -0.4 is 5.32 Å². The van der Waals surface area contributed by atoms with Gasteiger partial charge in [-0.1, -0.05) is 20.3 Å². The number of carboxylic acid groups (broad SMARTS) is 1. The molecule has 0 aromatic rings. The molecule has 1 aliphatic heterocycles. The first-order valence-electron chi connectivity index (χ1n) is 7.26. The molecule has 0 radical (unpaired) electrons. The Labute approximate surface area is 119 Å². The Morgan fingerprint density at radius 1 is 1.35 bits per heavy atom. The molecule has 0 aromatic heterocycles. The summed E-state index contributed by atoms with van der Waals surface area (Å²) < 4.78 is 0. The fraction of sp³-hybridized carbons (Fsp3) is 0.857. The Morgan fingerprint density at radius 2 is 2.05 bits per heavy atom. The number of aliphatic carboxylic acids is 1. The van der Waals surface area contributed by atoms with Gasteiger partial charge in [0, 0.05) is 19.0 Å². The van der Waals surface area contributed by atoms with E-state index in [9.17, 15) is 14.7 Å². The molecule has 6 nitrogen and oxygen atoms in total. The minimum Gasteiger partial charge on any atom is -0.480 e. The highest BCUT2D eigenvalue weighted by Gasteiger charge is 2.40. The van der Waals surface area contributed by atoms with Crippen LogP contribution in [-0.2, 0) is 4.79 Å².